The number of amides is 1. The van der Waals surface area contributed by atoms with Crippen molar-refractivity contribution in [2.75, 3.05) is 13.1 Å². The zero-order valence-corrected chi connectivity index (χ0v) is 21.9. The summed E-state index contributed by atoms with van der Waals surface area (Å²) in [6, 6.07) is 22.7. The molecular weight excluding hydrogens is 494 g/mol. The van der Waals surface area contributed by atoms with Crippen LogP contribution >= 0.6 is 0 Å². The Morgan fingerprint density at radius 1 is 0.897 bits per heavy atom. The molecule has 1 saturated heterocycles. The SMILES string of the molecule is Cn1c(=O)c2c(ncn2CC(=O)N2CCC(n3nc(-c4ccccc4)cc3-c3ccccc3)CC2)n(C)c1=O. The second-order valence-electron chi connectivity index (χ2n) is 9.95. The summed E-state index contributed by atoms with van der Waals surface area (Å²) in [4.78, 5) is 44.3. The Labute approximate surface area is 224 Å². The number of imidazole rings is 1. The van der Waals surface area contributed by atoms with E-state index in [1.807, 2.05) is 41.3 Å². The molecule has 0 radical (unpaired) electrons. The first-order valence-electron chi connectivity index (χ1n) is 13.0. The molecule has 1 aliphatic rings. The first-order chi connectivity index (χ1) is 18.9. The number of carbonyl (C=O) groups excluding carboxylic acids is 1. The number of carbonyl (C=O) groups is 1. The van der Waals surface area contributed by atoms with Crippen LogP contribution < -0.4 is 11.2 Å². The third-order valence-electron chi connectivity index (χ3n) is 7.56. The number of benzene rings is 2. The lowest BCUT2D eigenvalue weighted by atomic mass is 10.0. The van der Waals surface area contributed by atoms with E-state index in [2.05, 4.69) is 40.0 Å². The molecule has 10 heteroatoms. The van der Waals surface area contributed by atoms with E-state index in [1.54, 1.807) is 11.6 Å². The molecule has 10 nitrogen and oxygen atoms in total. The van der Waals surface area contributed by atoms with Crippen LogP contribution in [-0.2, 0) is 25.4 Å². The summed E-state index contributed by atoms with van der Waals surface area (Å²) < 4.78 is 6.02. The highest BCUT2D eigenvalue weighted by Crippen LogP contribution is 2.32. The molecule has 39 heavy (non-hydrogen) atoms. The van der Waals surface area contributed by atoms with Crippen LogP contribution in [0, 0.1) is 0 Å². The number of fused-ring (bicyclic) bond motifs is 1. The number of likely N-dealkylation sites (tertiary alicyclic amines) is 1. The molecule has 198 valence electrons. The summed E-state index contributed by atoms with van der Waals surface area (Å²) in [5, 5.41) is 5.01. The van der Waals surface area contributed by atoms with E-state index in [0.29, 0.717) is 13.1 Å². The van der Waals surface area contributed by atoms with E-state index in [1.165, 1.54) is 17.9 Å². The van der Waals surface area contributed by atoms with Crippen molar-refractivity contribution in [1.29, 1.82) is 0 Å². The number of hydrogen-bond donors (Lipinski definition) is 0. The molecule has 2 aromatic carbocycles. The molecule has 1 amide bonds. The van der Waals surface area contributed by atoms with Crippen molar-refractivity contribution in [2.45, 2.75) is 25.4 Å². The van der Waals surface area contributed by atoms with E-state index in [4.69, 9.17) is 5.10 Å². The van der Waals surface area contributed by atoms with Crippen molar-refractivity contribution >= 4 is 17.1 Å². The van der Waals surface area contributed by atoms with Gasteiger partial charge in [-0.3, -0.25) is 23.4 Å². The molecule has 4 heterocycles. The van der Waals surface area contributed by atoms with Crippen LogP contribution in [0.15, 0.2) is 82.6 Å². The summed E-state index contributed by atoms with van der Waals surface area (Å²) in [5.74, 6) is -0.0858. The van der Waals surface area contributed by atoms with Gasteiger partial charge in [-0.15, -0.1) is 0 Å². The fourth-order valence-electron chi connectivity index (χ4n) is 5.37. The minimum atomic E-state index is -0.460. The highest BCUT2D eigenvalue weighted by Gasteiger charge is 2.27. The maximum Gasteiger partial charge on any atom is 0.332 e. The molecular formula is C29H29N7O3. The van der Waals surface area contributed by atoms with Gasteiger partial charge in [0.05, 0.1) is 23.8 Å². The lowest BCUT2D eigenvalue weighted by Gasteiger charge is -2.33. The van der Waals surface area contributed by atoms with Crippen LogP contribution in [0.4, 0.5) is 0 Å². The zero-order valence-electron chi connectivity index (χ0n) is 21.9. The average molecular weight is 524 g/mol. The van der Waals surface area contributed by atoms with Crippen molar-refractivity contribution in [3.05, 3.63) is 93.9 Å². The van der Waals surface area contributed by atoms with Gasteiger partial charge in [0.25, 0.3) is 5.56 Å². The second kappa shape index (κ2) is 9.86. The predicted molar refractivity (Wildman–Crippen MR) is 148 cm³/mol. The van der Waals surface area contributed by atoms with Gasteiger partial charge in [-0.2, -0.15) is 5.10 Å². The Morgan fingerprint density at radius 2 is 1.54 bits per heavy atom. The molecule has 3 aromatic heterocycles. The molecule has 0 spiro atoms. The molecule has 0 N–H and O–H groups in total. The summed E-state index contributed by atoms with van der Waals surface area (Å²) in [6.45, 7) is 1.16. The summed E-state index contributed by atoms with van der Waals surface area (Å²) in [7, 11) is 2.99. The Balaban J connectivity index is 1.22. The zero-order chi connectivity index (χ0) is 27.1. The molecule has 0 atom stereocenters. The van der Waals surface area contributed by atoms with Gasteiger partial charge in [0.2, 0.25) is 5.91 Å². The van der Waals surface area contributed by atoms with Gasteiger partial charge in [-0.25, -0.2) is 9.78 Å². The van der Waals surface area contributed by atoms with Gasteiger partial charge in [0, 0.05) is 32.7 Å². The van der Waals surface area contributed by atoms with Crippen molar-refractivity contribution in [1.82, 2.24) is 33.4 Å². The molecule has 0 saturated carbocycles. The Kier molecular flexibility index (Phi) is 6.22. The van der Waals surface area contributed by atoms with Crippen LogP contribution in [0.5, 0.6) is 0 Å². The van der Waals surface area contributed by atoms with E-state index in [9.17, 15) is 14.4 Å². The number of aryl methyl sites for hydroxylation is 1. The minimum absolute atomic E-state index is 0.0101. The first kappa shape index (κ1) is 24.6. The number of aromatic nitrogens is 6. The van der Waals surface area contributed by atoms with E-state index in [0.717, 1.165) is 39.9 Å². The monoisotopic (exact) mass is 523 g/mol. The predicted octanol–water partition coefficient (Wildman–Crippen LogP) is 2.83. The third kappa shape index (κ3) is 4.37. The van der Waals surface area contributed by atoms with Gasteiger partial charge < -0.3 is 9.47 Å². The highest BCUT2D eigenvalue weighted by molar-refractivity contribution is 5.79. The lowest BCUT2D eigenvalue weighted by molar-refractivity contribution is -0.133. The maximum atomic E-state index is 13.3. The number of rotatable bonds is 5. The van der Waals surface area contributed by atoms with Crippen LogP contribution in [0.3, 0.4) is 0 Å². The topological polar surface area (TPSA) is 99.9 Å². The molecule has 5 aromatic rings. The minimum Gasteiger partial charge on any atom is -0.341 e. The lowest BCUT2D eigenvalue weighted by Crippen LogP contribution is -2.41. The average Bonchev–Trinajstić information content (AvgIpc) is 3.61. The second-order valence-corrected chi connectivity index (χ2v) is 9.95. The van der Waals surface area contributed by atoms with Gasteiger partial charge in [0.15, 0.2) is 11.2 Å². The largest absolute Gasteiger partial charge is 0.341 e. The van der Waals surface area contributed by atoms with Gasteiger partial charge >= 0.3 is 5.69 Å². The van der Waals surface area contributed by atoms with Crippen LogP contribution in [0.2, 0.25) is 0 Å². The number of hydrogen-bond acceptors (Lipinski definition) is 5. The summed E-state index contributed by atoms with van der Waals surface area (Å²) in [6.07, 6.45) is 2.99. The van der Waals surface area contributed by atoms with Crippen LogP contribution in [-0.4, -0.2) is 52.4 Å². The Bertz CT molecular complexity index is 1770. The summed E-state index contributed by atoms with van der Waals surface area (Å²) in [5.41, 5.74) is 3.78. The van der Waals surface area contributed by atoms with Crippen LogP contribution in [0.25, 0.3) is 33.7 Å². The van der Waals surface area contributed by atoms with Crippen molar-refractivity contribution in [3.8, 4) is 22.5 Å². The maximum absolute atomic E-state index is 13.3. The highest BCUT2D eigenvalue weighted by atomic mass is 16.2. The molecule has 1 aliphatic heterocycles. The van der Waals surface area contributed by atoms with Gasteiger partial charge in [-0.1, -0.05) is 60.7 Å². The van der Waals surface area contributed by atoms with E-state index < -0.39 is 11.2 Å². The number of nitrogens with zero attached hydrogens (tertiary/aromatic N) is 7. The quantitative estimate of drug-likeness (QED) is 0.353. The Morgan fingerprint density at radius 3 is 2.21 bits per heavy atom. The smallest absolute Gasteiger partial charge is 0.332 e. The van der Waals surface area contributed by atoms with E-state index >= 15 is 0 Å². The van der Waals surface area contributed by atoms with E-state index in [-0.39, 0.29) is 29.7 Å². The van der Waals surface area contributed by atoms with Crippen molar-refractivity contribution in [3.63, 3.8) is 0 Å². The van der Waals surface area contributed by atoms with Crippen LogP contribution in [0.1, 0.15) is 18.9 Å². The van der Waals surface area contributed by atoms with Crippen molar-refractivity contribution < 1.29 is 4.79 Å². The molecule has 6 rings (SSSR count). The first-order valence-corrected chi connectivity index (χ1v) is 13.0. The molecule has 0 bridgehead atoms. The number of piperidine rings is 1. The standard InChI is InChI=1S/C29H29N7O3/c1-32-27-26(28(38)33(2)29(32)39)35(19-30-27)18-25(37)34-15-13-22(14-16-34)36-24(21-11-7-4-8-12-21)17-23(31-36)20-9-5-3-6-10-20/h3-12,17,19,22H,13-16,18H2,1-2H3. The normalized spacial score (nSPS) is 14.3. The Hall–Kier alpha value is -4.73. The fraction of sp³-hybridized carbons (Fsp3) is 0.276. The molecule has 0 aliphatic carbocycles. The molecule has 1 fully saturated rings. The van der Waals surface area contributed by atoms with Gasteiger partial charge in [0.1, 0.15) is 6.54 Å². The summed E-state index contributed by atoms with van der Waals surface area (Å²) >= 11 is 0. The van der Waals surface area contributed by atoms with Crippen molar-refractivity contribution in [2.24, 2.45) is 14.1 Å². The van der Waals surface area contributed by atoms with Gasteiger partial charge in [-0.05, 0) is 24.5 Å². The molecule has 0 unspecified atom stereocenters. The fourth-order valence-corrected chi connectivity index (χ4v) is 5.37. The third-order valence-corrected chi connectivity index (χ3v) is 7.56.